The van der Waals surface area contributed by atoms with Crippen LogP contribution in [0, 0.1) is 5.92 Å². The number of hydrogen-bond acceptors (Lipinski definition) is 4. The first-order valence-electron chi connectivity index (χ1n) is 10.7. The number of piperidine rings is 1. The summed E-state index contributed by atoms with van der Waals surface area (Å²) in [5, 5.41) is 6.62. The van der Waals surface area contributed by atoms with Crippen LogP contribution in [0.3, 0.4) is 0 Å². The molecular formula is C23H28ClN5O2. The third kappa shape index (κ3) is 4.99. The monoisotopic (exact) mass is 441 g/mol. The lowest BCUT2D eigenvalue weighted by Crippen LogP contribution is -2.49. The second kappa shape index (κ2) is 9.24. The van der Waals surface area contributed by atoms with E-state index in [0.717, 1.165) is 36.9 Å². The number of benzene rings is 1. The van der Waals surface area contributed by atoms with E-state index < -0.39 is 5.41 Å². The Labute approximate surface area is 187 Å². The molecule has 4 rings (SSSR count). The van der Waals surface area contributed by atoms with Crippen molar-refractivity contribution < 1.29 is 9.59 Å². The van der Waals surface area contributed by atoms with Gasteiger partial charge in [-0.2, -0.15) is 0 Å². The molecule has 1 atom stereocenters. The topological polar surface area (TPSA) is 100 Å². The number of aromatic nitrogens is 1. The van der Waals surface area contributed by atoms with Crippen LogP contribution in [0.2, 0.25) is 5.02 Å². The molecule has 0 spiro atoms. The van der Waals surface area contributed by atoms with Crippen LogP contribution in [0.5, 0.6) is 0 Å². The fraction of sp³-hybridized carbons (Fsp3) is 0.435. The number of amides is 3. The molecule has 1 saturated carbocycles. The first-order valence-corrected chi connectivity index (χ1v) is 11.1. The summed E-state index contributed by atoms with van der Waals surface area (Å²) in [6, 6.07) is 10.8. The quantitative estimate of drug-likeness (QED) is 0.641. The number of nitrogens with two attached hydrogens (primary N) is 1. The van der Waals surface area contributed by atoms with Crippen molar-refractivity contribution in [3.05, 3.63) is 59.4 Å². The highest BCUT2D eigenvalue weighted by Crippen LogP contribution is 2.48. The predicted octanol–water partition coefficient (Wildman–Crippen LogP) is 3.15. The molecule has 3 amide bonds. The van der Waals surface area contributed by atoms with Crippen molar-refractivity contribution in [3.63, 3.8) is 0 Å². The van der Waals surface area contributed by atoms with Gasteiger partial charge in [-0.15, -0.1) is 0 Å². The SMILES string of the molecule is NC(CNC(=O)C1(c2ccc(Cl)cc2)CC1)C1CCN(C(=O)Nc2ccncc2)CC1. The van der Waals surface area contributed by atoms with Gasteiger partial charge in [0, 0.05) is 48.8 Å². The average Bonchev–Trinajstić information content (AvgIpc) is 3.60. The van der Waals surface area contributed by atoms with Gasteiger partial charge in [-0.25, -0.2) is 4.79 Å². The lowest BCUT2D eigenvalue weighted by atomic mass is 9.89. The van der Waals surface area contributed by atoms with Crippen molar-refractivity contribution in [2.75, 3.05) is 25.0 Å². The van der Waals surface area contributed by atoms with Crippen molar-refractivity contribution in [1.29, 1.82) is 0 Å². The molecule has 8 heteroatoms. The number of carbonyl (C=O) groups excluding carboxylic acids is 2. The van der Waals surface area contributed by atoms with Crippen LogP contribution in [-0.2, 0) is 10.2 Å². The Morgan fingerprint density at radius 3 is 2.39 bits per heavy atom. The molecule has 1 aliphatic carbocycles. The van der Waals surface area contributed by atoms with Gasteiger partial charge in [0.25, 0.3) is 0 Å². The zero-order valence-electron chi connectivity index (χ0n) is 17.4. The summed E-state index contributed by atoms with van der Waals surface area (Å²) in [6.07, 6.45) is 6.63. The molecule has 164 valence electrons. The van der Waals surface area contributed by atoms with Gasteiger partial charge < -0.3 is 21.3 Å². The number of rotatable bonds is 6. The van der Waals surface area contributed by atoms with Gasteiger partial charge in [0.05, 0.1) is 5.41 Å². The Kier molecular flexibility index (Phi) is 6.43. The average molecular weight is 442 g/mol. The minimum atomic E-state index is -0.432. The van der Waals surface area contributed by atoms with Crippen molar-refractivity contribution in [3.8, 4) is 0 Å². The smallest absolute Gasteiger partial charge is 0.321 e. The summed E-state index contributed by atoms with van der Waals surface area (Å²) in [5.74, 6) is 0.315. The van der Waals surface area contributed by atoms with Crippen LogP contribution in [0.1, 0.15) is 31.2 Å². The molecule has 4 N–H and O–H groups in total. The van der Waals surface area contributed by atoms with Crippen LogP contribution in [0.25, 0.3) is 0 Å². The fourth-order valence-electron chi connectivity index (χ4n) is 4.26. The number of carbonyl (C=O) groups is 2. The van der Waals surface area contributed by atoms with E-state index in [9.17, 15) is 9.59 Å². The second-order valence-electron chi connectivity index (χ2n) is 8.45. The Hall–Kier alpha value is -2.64. The number of nitrogens with one attached hydrogen (secondary N) is 2. The van der Waals surface area contributed by atoms with Gasteiger partial charge in [-0.05, 0) is 61.4 Å². The molecule has 2 aliphatic rings. The number of anilines is 1. The summed E-state index contributed by atoms with van der Waals surface area (Å²) in [5.41, 5.74) is 7.72. The minimum Gasteiger partial charge on any atom is -0.354 e. The maximum Gasteiger partial charge on any atom is 0.321 e. The van der Waals surface area contributed by atoms with Gasteiger partial charge >= 0.3 is 6.03 Å². The van der Waals surface area contributed by atoms with E-state index in [0.29, 0.717) is 24.7 Å². The largest absolute Gasteiger partial charge is 0.354 e. The molecule has 2 aromatic rings. The van der Waals surface area contributed by atoms with Crippen molar-refractivity contribution in [2.45, 2.75) is 37.1 Å². The normalized spacial score (nSPS) is 18.8. The Morgan fingerprint density at radius 2 is 1.77 bits per heavy atom. The van der Waals surface area contributed by atoms with Crippen molar-refractivity contribution in [2.24, 2.45) is 11.7 Å². The first kappa shape index (κ1) is 21.6. The lowest BCUT2D eigenvalue weighted by molar-refractivity contribution is -0.123. The summed E-state index contributed by atoms with van der Waals surface area (Å²) in [6.45, 7) is 1.75. The van der Waals surface area contributed by atoms with E-state index in [1.54, 1.807) is 24.5 Å². The molecule has 1 unspecified atom stereocenters. The third-order valence-electron chi connectivity index (χ3n) is 6.44. The molecule has 1 aliphatic heterocycles. The maximum absolute atomic E-state index is 12.8. The molecule has 0 bridgehead atoms. The Morgan fingerprint density at radius 1 is 1.13 bits per heavy atom. The van der Waals surface area contributed by atoms with Crippen molar-refractivity contribution in [1.82, 2.24) is 15.2 Å². The van der Waals surface area contributed by atoms with Gasteiger partial charge in [-0.1, -0.05) is 23.7 Å². The second-order valence-corrected chi connectivity index (χ2v) is 8.89. The molecule has 1 aromatic carbocycles. The van der Waals surface area contributed by atoms with Gasteiger partial charge in [-0.3, -0.25) is 9.78 Å². The predicted molar refractivity (Wildman–Crippen MR) is 121 cm³/mol. The van der Waals surface area contributed by atoms with Gasteiger partial charge in [0.1, 0.15) is 0 Å². The lowest BCUT2D eigenvalue weighted by Gasteiger charge is -2.35. The van der Waals surface area contributed by atoms with Gasteiger partial charge in [0.2, 0.25) is 5.91 Å². The summed E-state index contributed by atoms with van der Waals surface area (Å²) < 4.78 is 0. The van der Waals surface area contributed by atoms with E-state index in [-0.39, 0.29) is 23.9 Å². The standard InChI is InChI=1S/C23H28ClN5O2/c24-18-3-1-17(2-4-18)23(9-10-23)21(30)27-15-20(25)16-7-13-29(14-8-16)22(31)28-19-5-11-26-12-6-19/h1-6,11-12,16,20H,7-10,13-15,25H2,(H,27,30)(H,26,28,31). The summed E-state index contributed by atoms with van der Waals surface area (Å²) in [7, 11) is 0. The summed E-state index contributed by atoms with van der Waals surface area (Å²) >= 11 is 5.97. The molecule has 1 saturated heterocycles. The zero-order valence-corrected chi connectivity index (χ0v) is 18.1. The molecule has 1 aromatic heterocycles. The zero-order chi connectivity index (χ0) is 21.8. The van der Waals surface area contributed by atoms with Crippen LogP contribution in [-0.4, -0.2) is 47.5 Å². The Bertz CT molecular complexity index is 909. The molecule has 0 radical (unpaired) electrons. The van der Waals surface area contributed by atoms with E-state index in [4.69, 9.17) is 17.3 Å². The van der Waals surface area contributed by atoms with Gasteiger partial charge in [0.15, 0.2) is 0 Å². The number of halogens is 1. The number of nitrogens with zero attached hydrogens (tertiary/aromatic N) is 2. The van der Waals surface area contributed by atoms with Crippen molar-refractivity contribution >= 4 is 29.2 Å². The van der Waals surface area contributed by atoms with Crippen LogP contribution < -0.4 is 16.4 Å². The molecule has 31 heavy (non-hydrogen) atoms. The van der Waals surface area contributed by atoms with Crippen LogP contribution in [0.4, 0.5) is 10.5 Å². The third-order valence-corrected chi connectivity index (χ3v) is 6.70. The molecular weight excluding hydrogens is 414 g/mol. The fourth-order valence-corrected chi connectivity index (χ4v) is 4.38. The highest BCUT2D eigenvalue weighted by Gasteiger charge is 2.51. The Balaban J connectivity index is 1.23. The van der Waals surface area contributed by atoms with E-state index in [1.807, 2.05) is 29.2 Å². The first-order chi connectivity index (χ1) is 15.0. The number of urea groups is 1. The van der Waals surface area contributed by atoms with Crippen LogP contribution >= 0.6 is 11.6 Å². The number of pyridine rings is 1. The number of hydrogen-bond donors (Lipinski definition) is 3. The molecule has 2 fully saturated rings. The van der Waals surface area contributed by atoms with E-state index in [1.165, 1.54) is 0 Å². The minimum absolute atomic E-state index is 0.0411. The maximum atomic E-state index is 12.8. The highest BCUT2D eigenvalue weighted by atomic mass is 35.5. The highest BCUT2D eigenvalue weighted by molar-refractivity contribution is 6.30. The molecule has 2 heterocycles. The van der Waals surface area contributed by atoms with Crippen LogP contribution in [0.15, 0.2) is 48.8 Å². The number of likely N-dealkylation sites (tertiary alicyclic amines) is 1. The van der Waals surface area contributed by atoms with E-state index in [2.05, 4.69) is 15.6 Å². The van der Waals surface area contributed by atoms with E-state index >= 15 is 0 Å². The summed E-state index contributed by atoms with van der Waals surface area (Å²) in [4.78, 5) is 31.0. The molecule has 7 nitrogen and oxygen atoms in total.